The number of hydrogen-bond donors (Lipinski definition) is 2. The van der Waals surface area contributed by atoms with Gasteiger partial charge in [-0.3, -0.25) is 5.10 Å². The molecule has 3 N–H and O–H groups in total. The Kier molecular flexibility index (Phi) is 3.11. The lowest BCUT2D eigenvalue weighted by Gasteiger charge is -2.14. The Labute approximate surface area is 108 Å². The normalized spacial score (nSPS) is 10.6. The van der Waals surface area contributed by atoms with Crippen LogP contribution < -0.4 is 10.5 Å². The standard InChI is InChI=1S/C12H14BrN3O/c1-6-4-8(9-5-15-16-12(9)14)11(17-3)7(2)10(6)13/h4-5H,1-3H3,(H3,14,15,16). The van der Waals surface area contributed by atoms with Crippen molar-refractivity contribution >= 4 is 21.7 Å². The first kappa shape index (κ1) is 12.0. The van der Waals surface area contributed by atoms with E-state index >= 15 is 0 Å². The van der Waals surface area contributed by atoms with Gasteiger partial charge in [-0.15, -0.1) is 0 Å². The maximum absolute atomic E-state index is 5.85. The average Bonchev–Trinajstić information content (AvgIpc) is 2.72. The lowest BCUT2D eigenvalue weighted by molar-refractivity contribution is 0.413. The van der Waals surface area contributed by atoms with Crippen molar-refractivity contribution < 1.29 is 4.74 Å². The minimum atomic E-state index is 0.546. The summed E-state index contributed by atoms with van der Waals surface area (Å²) < 4.78 is 6.52. The highest BCUT2D eigenvalue weighted by atomic mass is 79.9. The highest BCUT2D eigenvalue weighted by molar-refractivity contribution is 9.10. The number of anilines is 1. The van der Waals surface area contributed by atoms with Crippen LogP contribution in [-0.4, -0.2) is 17.3 Å². The first-order valence-corrected chi connectivity index (χ1v) is 5.98. The highest BCUT2D eigenvalue weighted by Gasteiger charge is 2.16. The van der Waals surface area contributed by atoms with E-state index in [0.29, 0.717) is 5.82 Å². The van der Waals surface area contributed by atoms with Crippen molar-refractivity contribution in [2.24, 2.45) is 0 Å². The van der Waals surface area contributed by atoms with Gasteiger partial charge in [-0.25, -0.2) is 0 Å². The summed E-state index contributed by atoms with van der Waals surface area (Å²) in [5, 5.41) is 6.67. The smallest absolute Gasteiger partial charge is 0.130 e. The molecule has 4 nitrogen and oxygen atoms in total. The summed E-state index contributed by atoms with van der Waals surface area (Å²) in [4.78, 5) is 0. The van der Waals surface area contributed by atoms with Gasteiger partial charge in [0.05, 0.1) is 13.3 Å². The molecule has 1 aromatic heterocycles. The summed E-state index contributed by atoms with van der Waals surface area (Å²) in [6.07, 6.45) is 1.71. The van der Waals surface area contributed by atoms with Crippen LogP contribution in [0.5, 0.6) is 5.75 Å². The van der Waals surface area contributed by atoms with E-state index < -0.39 is 0 Å². The Bertz CT molecular complexity index is 563. The van der Waals surface area contributed by atoms with Crippen molar-refractivity contribution in [1.29, 1.82) is 0 Å². The Hall–Kier alpha value is -1.49. The van der Waals surface area contributed by atoms with Gasteiger partial charge >= 0.3 is 0 Å². The zero-order chi connectivity index (χ0) is 12.6. The number of aromatic amines is 1. The predicted molar refractivity (Wildman–Crippen MR) is 72.2 cm³/mol. The molecule has 0 atom stereocenters. The number of halogens is 1. The number of ether oxygens (including phenoxy) is 1. The number of aromatic nitrogens is 2. The van der Waals surface area contributed by atoms with E-state index in [1.54, 1.807) is 13.3 Å². The van der Waals surface area contributed by atoms with Gasteiger partial charge in [-0.1, -0.05) is 15.9 Å². The van der Waals surface area contributed by atoms with Gasteiger partial charge in [0, 0.05) is 21.2 Å². The van der Waals surface area contributed by atoms with Gasteiger partial charge in [-0.05, 0) is 25.5 Å². The van der Waals surface area contributed by atoms with Crippen molar-refractivity contribution in [3.63, 3.8) is 0 Å². The van der Waals surface area contributed by atoms with Crippen molar-refractivity contribution in [1.82, 2.24) is 10.2 Å². The lowest BCUT2D eigenvalue weighted by atomic mass is 10.0. The quantitative estimate of drug-likeness (QED) is 0.895. The molecule has 17 heavy (non-hydrogen) atoms. The molecule has 0 bridgehead atoms. The van der Waals surface area contributed by atoms with Crippen LogP contribution in [0.2, 0.25) is 0 Å². The second-order valence-electron chi connectivity index (χ2n) is 3.91. The monoisotopic (exact) mass is 295 g/mol. The number of methoxy groups -OCH3 is 1. The molecule has 0 saturated heterocycles. The number of nitrogens with two attached hydrogens (primary N) is 1. The molecule has 0 saturated carbocycles. The Morgan fingerprint density at radius 1 is 1.35 bits per heavy atom. The largest absolute Gasteiger partial charge is 0.496 e. The van der Waals surface area contributed by atoms with Gasteiger partial charge in [0.15, 0.2) is 0 Å². The molecular formula is C12H14BrN3O. The summed E-state index contributed by atoms with van der Waals surface area (Å²) in [5.41, 5.74) is 9.86. The topological polar surface area (TPSA) is 63.9 Å². The van der Waals surface area contributed by atoms with Gasteiger partial charge in [0.1, 0.15) is 11.6 Å². The molecule has 5 heteroatoms. The minimum Gasteiger partial charge on any atom is -0.496 e. The maximum Gasteiger partial charge on any atom is 0.130 e. The zero-order valence-corrected chi connectivity index (χ0v) is 11.6. The van der Waals surface area contributed by atoms with Crippen LogP contribution in [0.25, 0.3) is 11.1 Å². The highest BCUT2D eigenvalue weighted by Crippen LogP contribution is 2.40. The molecule has 1 heterocycles. The molecule has 0 fully saturated rings. The van der Waals surface area contributed by atoms with Crippen LogP contribution in [0.4, 0.5) is 5.82 Å². The van der Waals surface area contributed by atoms with Crippen LogP contribution in [0.15, 0.2) is 16.7 Å². The number of rotatable bonds is 2. The fourth-order valence-corrected chi connectivity index (χ4v) is 2.21. The van der Waals surface area contributed by atoms with Gasteiger partial charge < -0.3 is 10.5 Å². The molecule has 2 rings (SSSR count). The lowest BCUT2D eigenvalue weighted by Crippen LogP contribution is -1.96. The summed E-state index contributed by atoms with van der Waals surface area (Å²) in [5.74, 6) is 1.36. The number of benzene rings is 1. The number of nitrogens with zero attached hydrogens (tertiary/aromatic N) is 1. The molecule has 0 unspecified atom stereocenters. The Balaban J connectivity index is 2.74. The second-order valence-corrected chi connectivity index (χ2v) is 4.70. The summed E-state index contributed by atoms with van der Waals surface area (Å²) in [6, 6.07) is 2.04. The van der Waals surface area contributed by atoms with Crippen LogP contribution in [-0.2, 0) is 0 Å². The van der Waals surface area contributed by atoms with E-state index in [1.807, 2.05) is 19.9 Å². The van der Waals surface area contributed by atoms with Crippen LogP contribution in [0, 0.1) is 13.8 Å². The SMILES string of the molecule is COc1c(-c2cn[nH]c2N)cc(C)c(Br)c1C. The van der Waals surface area contributed by atoms with Crippen LogP contribution >= 0.6 is 15.9 Å². The number of hydrogen-bond acceptors (Lipinski definition) is 3. The van der Waals surface area contributed by atoms with Crippen LogP contribution in [0.1, 0.15) is 11.1 Å². The maximum atomic E-state index is 5.85. The van der Waals surface area contributed by atoms with Crippen molar-refractivity contribution in [3.8, 4) is 16.9 Å². The third-order valence-corrected chi connectivity index (χ3v) is 4.00. The molecule has 0 aliphatic rings. The molecule has 1 aromatic carbocycles. The Morgan fingerprint density at radius 3 is 2.59 bits per heavy atom. The van der Waals surface area contributed by atoms with E-state index in [4.69, 9.17) is 10.5 Å². The Morgan fingerprint density at radius 2 is 2.06 bits per heavy atom. The number of aryl methyl sites for hydroxylation is 1. The van der Waals surface area contributed by atoms with E-state index in [1.165, 1.54) is 0 Å². The number of H-pyrrole nitrogens is 1. The van der Waals surface area contributed by atoms with Crippen molar-refractivity contribution in [2.75, 3.05) is 12.8 Å². The van der Waals surface area contributed by atoms with Crippen LogP contribution in [0.3, 0.4) is 0 Å². The second kappa shape index (κ2) is 4.41. The molecule has 0 aliphatic carbocycles. The molecule has 0 radical (unpaired) electrons. The predicted octanol–water partition coefficient (Wildman–Crippen LogP) is 3.05. The molecule has 90 valence electrons. The van der Waals surface area contributed by atoms with Gasteiger partial charge in [0.25, 0.3) is 0 Å². The summed E-state index contributed by atoms with van der Waals surface area (Å²) in [7, 11) is 1.66. The van der Waals surface area contributed by atoms with Crippen molar-refractivity contribution in [2.45, 2.75) is 13.8 Å². The van der Waals surface area contributed by atoms with E-state index in [9.17, 15) is 0 Å². The van der Waals surface area contributed by atoms with Gasteiger partial charge in [-0.2, -0.15) is 5.10 Å². The third kappa shape index (κ3) is 1.91. The van der Waals surface area contributed by atoms with E-state index in [0.717, 1.165) is 32.5 Å². The van der Waals surface area contributed by atoms with Gasteiger partial charge in [0.2, 0.25) is 0 Å². The fraction of sp³-hybridized carbons (Fsp3) is 0.250. The zero-order valence-electron chi connectivity index (χ0n) is 9.97. The first-order valence-electron chi connectivity index (χ1n) is 5.19. The molecular weight excluding hydrogens is 282 g/mol. The molecule has 2 aromatic rings. The number of nitrogen functional groups attached to an aromatic ring is 1. The van der Waals surface area contributed by atoms with E-state index in [2.05, 4.69) is 26.1 Å². The molecule has 0 amide bonds. The minimum absolute atomic E-state index is 0.546. The van der Waals surface area contributed by atoms with E-state index in [-0.39, 0.29) is 0 Å². The third-order valence-electron chi connectivity index (χ3n) is 2.78. The summed E-state index contributed by atoms with van der Waals surface area (Å²) >= 11 is 3.55. The summed E-state index contributed by atoms with van der Waals surface area (Å²) in [6.45, 7) is 4.05. The first-order chi connectivity index (χ1) is 8.06. The molecule has 0 aliphatic heterocycles. The fourth-order valence-electron chi connectivity index (χ4n) is 1.92. The van der Waals surface area contributed by atoms with Crippen molar-refractivity contribution in [3.05, 3.63) is 27.9 Å². The number of nitrogens with one attached hydrogen (secondary N) is 1. The molecule has 0 spiro atoms. The average molecular weight is 296 g/mol.